The van der Waals surface area contributed by atoms with Crippen LogP contribution in [0.2, 0.25) is 0 Å². The Morgan fingerprint density at radius 2 is 2.29 bits per heavy atom. The van der Waals surface area contributed by atoms with Crippen molar-refractivity contribution in [1.29, 1.82) is 0 Å². The predicted molar refractivity (Wildman–Crippen MR) is 64.3 cm³/mol. The van der Waals surface area contributed by atoms with Crippen LogP contribution < -0.4 is 5.32 Å². The van der Waals surface area contributed by atoms with Crippen LogP contribution >= 0.6 is 0 Å². The average molecular weight is 228 g/mol. The van der Waals surface area contributed by atoms with Crippen LogP contribution in [0.15, 0.2) is 29.3 Å². The van der Waals surface area contributed by atoms with Gasteiger partial charge in [0, 0.05) is 5.56 Å². The first kappa shape index (κ1) is 11.2. The van der Waals surface area contributed by atoms with E-state index in [0.29, 0.717) is 0 Å². The van der Waals surface area contributed by atoms with Crippen molar-refractivity contribution in [2.45, 2.75) is 13.0 Å². The van der Waals surface area contributed by atoms with Gasteiger partial charge in [0.15, 0.2) is 0 Å². The summed E-state index contributed by atoms with van der Waals surface area (Å²) < 4.78 is 5.44. The van der Waals surface area contributed by atoms with Crippen LogP contribution in [0.4, 0.5) is 0 Å². The largest absolute Gasteiger partial charge is 0.447 e. The third kappa shape index (κ3) is 2.28. The topological polar surface area (TPSA) is 50.7 Å². The highest BCUT2D eigenvalue weighted by molar-refractivity contribution is 6.02. The number of terminal acetylenes is 1. The van der Waals surface area contributed by atoms with Gasteiger partial charge in [0.05, 0.1) is 0 Å². The van der Waals surface area contributed by atoms with Crippen molar-refractivity contribution in [2.75, 3.05) is 6.54 Å². The second-order valence-electron chi connectivity index (χ2n) is 3.67. The molecule has 2 rings (SSSR count). The average Bonchev–Trinajstić information content (AvgIpc) is 2.68. The summed E-state index contributed by atoms with van der Waals surface area (Å²) in [6, 6.07) is 7.78. The van der Waals surface area contributed by atoms with E-state index in [-0.39, 0.29) is 18.5 Å². The van der Waals surface area contributed by atoms with Crippen molar-refractivity contribution in [3.05, 3.63) is 35.4 Å². The van der Waals surface area contributed by atoms with Crippen LogP contribution in [-0.2, 0) is 9.53 Å². The Hall–Kier alpha value is -2.28. The lowest BCUT2D eigenvalue weighted by Crippen LogP contribution is -2.22. The van der Waals surface area contributed by atoms with E-state index in [4.69, 9.17) is 11.2 Å². The van der Waals surface area contributed by atoms with Gasteiger partial charge in [0.25, 0.3) is 11.9 Å². The first-order chi connectivity index (χ1) is 8.22. The van der Waals surface area contributed by atoms with E-state index in [0.717, 1.165) is 11.1 Å². The maximum absolute atomic E-state index is 11.7. The van der Waals surface area contributed by atoms with Gasteiger partial charge in [-0.15, -0.1) is 6.42 Å². The molecule has 1 aromatic carbocycles. The number of benzene rings is 1. The maximum atomic E-state index is 11.7. The smallest absolute Gasteiger partial charge is 0.293 e. The number of hydrogen-bond donors (Lipinski definition) is 1. The monoisotopic (exact) mass is 228 g/mol. The van der Waals surface area contributed by atoms with Gasteiger partial charge < -0.3 is 4.74 Å². The summed E-state index contributed by atoms with van der Waals surface area (Å²) in [5, 5.41) is 2.56. The second-order valence-corrected chi connectivity index (χ2v) is 3.67. The zero-order valence-corrected chi connectivity index (χ0v) is 9.43. The second kappa shape index (κ2) is 4.71. The van der Waals surface area contributed by atoms with Gasteiger partial charge in [-0.1, -0.05) is 30.2 Å². The molecular formula is C13H12N2O2. The molecule has 86 valence electrons. The van der Waals surface area contributed by atoms with Gasteiger partial charge in [-0.3, -0.25) is 10.1 Å². The lowest BCUT2D eigenvalue weighted by Gasteiger charge is -2.09. The van der Waals surface area contributed by atoms with Crippen molar-refractivity contribution in [2.24, 2.45) is 4.99 Å². The third-order valence-corrected chi connectivity index (χ3v) is 2.48. The minimum Gasteiger partial charge on any atom is -0.447 e. The van der Waals surface area contributed by atoms with Crippen LogP contribution in [0.5, 0.6) is 0 Å². The van der Waals surface area contributed by atoms with E-state index < -0.39 is 6.10 Å². The van der Waals surface area contributed by atoms with Crippen LogP contribution in [0.1, 0.15) is 17.2 Å². The van der Waals surface area contributed by atoms with E-state index in [1.54, 1.807) is 0 Å². The number of carbonyl (C=O) groups excluding carboxylic acids is 1. The highest BCUT2D eigenvalue weighted by Gasteiger charge is 2.32. The molecule has 17 heavy (non-hydrogen) atoms. The van der Waals surface area contributed by atoms with Crippen LogP contribution in [-0.4, -0.2) is 18.5 Å². The number of nitrogens with zero attached hydrogens (tertiary/aromatic N) is 1. The molecule has 1 aliphatic rings. The number of amidine groups is 1. The fourth-order valence-corrected chi connectivity index (χ4v) is 1.65. The molecule has 0 aromatic heterocycles. The van der Waals surface area contributed by atoms with Crippen molar-refractivity contribution in [3.63, 3.8) is 0 Å². The Kier molecular flexibility index (Phi) is 3.10. The molecule has 1 heterocycles. The number of aryl methyl sites for hydroxylation is 1. The first-order valence-corrected chi connectivity index (χ1v) is 5.23. The molecule has 0 aliphatic carbocycles. The molecule has 0 radical (unpaired) electrons. The predicted octanol–water partition coefficient (Wildman–Crippen LogP) is 1.17. The van der Waals surface area contributed by atoms with Gasteiger partial charge in [-0.05, 0) is 12.5 Å². The number of amides is 1. The summed E-state index contributed by atoms with van der Waals surface area (Å²) in [7, 11) is 0. The molecular weight excluding hydrogens is 216 g/mol. The highest BCUT2D eigenvalue weighted by atomic mass is 16.5. The Balaban J connectivity index is 2.22. The summed E-state index contributed by atoms with van der Waals surface area (Å²) in [6.07, 6.45) is 4.45. The van der Waals surface area contributed by atoms with Crippen LogP contribution in [0.3, 0.4) is 0 Å². The van der Waals surface area contributed by atoms with Crippen molar-refractivity contribution >= 4 is 11.9 Å². The van der Waals surface area contributed by atoms with Crippen LogP contribution in [0, 0.1) is 19.3 Å². The summed E-state index contributed by atoms with van der Waals surface area (Å²) in [5.74, 6) is 2.14. The minimum absolute atomic E-state index is 0.191. The van der Waals surface area contributed by atoms with E-state index in [2.05, 4.69) is 16.2 Å². The molecule has 1 aromatic rings. The van der Waals surface area contributed by atoms with E-state index in [1.165, 1.54) is 0 Å². The lowest BCUT2D eigenvalue weighted by molar-refractivity contribution is -0.123. The van der Waals surface area contributed by atoms with Gasteiger partial charge in [-0.25, -0.2) is 4.99 Å². The van der Waals surface area contributed by atoms with E-state index in [9.17, 15) is 4.79 Å². The molecule has 4 nitrogen and oxygen atoms in total. The summed E-state index contributed by atoms with van der Waals surface area (Å²) >= 11 is 0. The summed E-state index contributed by atoms with van der Waals surface area (Å²) in [5.41, 5.74) is 1.85. The molecule has 0 spiro atoms. The Morgan fingerprint density at radius 1 is 1.53 bits per heavy atom. The molecule has 1 amide bonds. The number of nitrogens with one attached hydrogen (secondary N) is 1. The van der Waals surface area contributed by atoms with Gasteiger partial charge in [-0.2, -0.15) is 0 Å². The van der Waals surface area contributed by atoms with Crippen molar-refractivity contribution in [3.8, 4) is 12.3 Å². The molecule has 1 aliphatic heterocycles. The molecule has 0 unspecified atom stereocenters. The summed E-state index contributed by atoms with van der Waals surface area (Å²) in [6.45, 7) is 2.12. The fourth-order valence-electron chi connectivity index (χ4n) is 1.65. The SMILES string of the molecule is C#CCN=C1NC(=O)[C@H](c2ccccc2C)O1. The Bertz CT molecular complexity index is 514. The number of hydrogen-bond acceptors (Lipinski definition) is 3. The zero-order valence-electron chi connectivity index (χ0n) is 9.43. The molecule has 4 heteroatoms. The Labute approximate surface area is 99.7 Å². The van der Waals surface area contributed by atoms with Gasteiger partial charge in [0.1, 0.15) is 6.54 Å². The number of rotatable bonds is 2. The molecule has 1 fully saturated rings. The molecule has 0 saturated carbocycles. The lowest BCUT2D eigenvalue weighted by atomic mass is 10.0. The van der Waals surface area contributed by atoms with E-state index in [1.807, 2.05) is 31.2 Å². The van der Waals surface area contributed by atoms with Crippen molar-refractivity contribution in [1.82, 2.24) is 5.32 Å². The number of aliphatic imine (C=N–C) groups is 1. The molecule has 1 saturated heterocycles. The van der Waals surface area contributed by atoms with Crippen LogP contribution in [0.25, 0.3) is 0 Å². The fraction of sp³-hybridized carbons (Fsp3) is 0.231. The van der Waals surface area contributed by atoms with Gasteiger partial charge in [0.2, 0.25) is 6.10 Å². The molecule has 1 atom stereocenters. The number of carbonyl (C=O) groups is 1. The Morgan fingerprint density at radius 3 is 3.00 bits per heavy atom. The highest BCUT2D eigenvalue weighted by Crippen LogP contribution is 2.24. The normalized spacial score (nSPS) is 20.8. The molecule has 0 bridgehead atoms. The molecule has 1 N–H and O–H groups in total. The zero-order chi connectivity index (χ0) is 12.3. The minimum atomic E-state index is -0.632. The van der Waals surface area contributed by atoms with Gasteiger partial charge >= 0.3 is 0 Å². The number of ether oxygens (including phenoxy) is 1. The quantitative estimate of drug-likeness (QED) is 0.772. The first-order valence-electron chi connectivity index (χ1n) is 5.23. The summed E-state index contributed by atoms with van der Waals surface area (Å²) in [4.78, 5) is 15.7. The third-order valence-electron chi connectivity index (χ3n) is 2.48. The van der Waals surface area contributed by atoms with Crippen molar-refractivity contribution < 1.29 is 9.53 Å². The standard InChI is InChI=1S/C13H12N2O2/c1-3-8-14-13-15-12(16)11(17-13)10-7-5-4-6-9(10)2/h1,4-7,11H,8H2,2H3,(H,14,15,16)/t11-/m0/s1. The van der Waals surface area contributed by atoms with E-state index >= 15 is 0 Å². The maximum Gasteiger partial charge on any atom is 0.293 e.